The first-order chi connectivity index (χ1) is 16.2. The molecule has 0 aromatic heterocycles. The number of benzene rings is 1. The molecule has 5 heteroatoms. The summed E-state index contributed by atoms with van der Waals surface area (Å²) in [5, 5.41) is 12.6. The molecule has 0 bridgehead atoms. The molecule has 34 heavy (non-hydrogen) atoms. The molecule has 1 aromatic carbocycles. The van der Waals surface area contributed by atoms with E-state index in [0.29, 0.717) is 18.8 Å². The van der Waals surface area contributed by atoms with Gasteiger partial charge in [0.1, 0.15) is 0 Å². The predicted octanol–water partition coefficient (Wildman–Crippen LogP) is 5.69. The smallest absolute Gasteiger partial charge is 0.286 e. The Morgan fingerprint density at radius 1 is 1.12 bits per heavy atom. The average molecular weight is 459 g/mol. The minimum Gasteiger partial charge on any atom is -0.378 e. The third-order valence-electron chi connectivity index (χ3n) is 9.34. The summed E-state index contributed by atoms with van der Waals surface area (Å²) < 4.78 is 0. The maximum Gasteiger partial charge on any atom is 0.286 e. The standard InChI is InChI=1S/C29H34N2O3/c1-5-15-29(31(33)34)16-14-26-24-12-8-20-17-22(32)11-13-23(20)27(24)25(18-28(26,29)2)19-6-9-21(10-7-19)30(3)4/h6-7,9-10,17,24-26H,8,11-14,16,18H2,1-4H3/t24?,25-,26?,28+,29?/m1/s1. The van der Waals surface area contributed by atoms with Gasteiger partial charge in [-0.15, -0.1) is 0 Å². The fraction of sp³-hybridized carbons (Fsp3) is 0.552. The molecular weight excluding hydrogens is 424 g/mol. The molecule has 4 aliphatic rings. The van der Waals surface area contributed by atoms with E-state index in [2.05, 4.69) is 47.9 Å². The van der Waals surface area contributed by atoms with Crippen molar-refractivity contribution < 1.29 is 9.72 Å². The molecule has 4 aliphatic carbocycles. The molecule has 0 N–H and O–H groups in total. The number of allylic oxidation sites excluding steroid dienone is 4. The van der Waals surface area contributed by atoms with Crippen molar-refractivity contribution >= 4 is 11.5 Å². The summed E-state index contributed by atoms with van der Waals surface area (Å²) in [5.74, 6) is 6.97. The SMILES string of the molecule is CC#CC1([N+](=O)[O-])CCC2C3CCC4=CC(=O)CCC4=C3[C@@H](c3ccc(N(C)C)cc3)C[C@@]21C. The lowest BCUT2D eigenvalue weighted by atomic mass is 9.50. The normalized spacial score (nSPS) is 34.3. The van der Waals surface area contributed by atoms with Crippen molar-refractivity contribution in [1.29, 1.82) is 0 Å². The van der Waals surface area contributed by atoms with Crippen molar-refractivity contribution in [3.8, 4) is 11.8 Å². The second-order valence-corrected chi connectivity index (χ2v) is 11.0. The maximum atomic E-state index is 12.6. The number of fused-ring (bicyclic) bond motifs is 4. The van der Waals surface area contributed by atoms with Gasteiger partial charge in [-0.05, 0) is 91.7 Å². The number of rotatable bonds is 3. The molecule has 2 fully saturated rings. The zero-order chi connectivity index (χ0) is 24.3. The highest BCUT2D eigenvalue weighted by Crippen LogP contribution is 2.67. The molecule has 0 aliphatic heterocycles. The Balaban J connectivity index is 1.70. The van der Waals surface area contributed by atoms with Gasteiger partial charge in [0.15, 0.2) is 5.78 Å². The molecule has 5 rings (SSSR count). The number of ketones is 1. The van der Waals surface area contributed by atoms with Crippen molar-refractivity contribution in [1.82, 2.24) is 0 Å². The summed E-state index contributed by atoms with van der Waals surface area (Å²) in [6, 6.07) is 8.70. The highest BCUT2D eigenvalue weighted by Gasteiger charge is 2.69. The number of anilines is 1. The minimum absolute atomic E-state index is 0.0682. The molecule has 0 spiro atoms. The first-order valence-corrected chi connectivity index (χ1v) is 12.5. The third kappa shape index (κ3) is 3.18. The van der Waals surface area contributed by atoms with Gasteiger partial charge in [0.25, 0.3) is 5.54 Å². The van der Waals surface area contributed by atoms with E-state index < -0.39 is 11.0 Å². The number of carbonyl (C=O) groups is 1. The molecule has 2 saturated carbocycles. The van der Waals surface area contributed by atoms with Gasteiger partial charge in [0, 0.05) is 43.5 Å². The van der Waals surface area contributed by atoms with Gasteiger partial charge in [-0.1, -0.05) is 30.6 Å². The summed E-state index contributed by atoms with van der Waals surface area (Å²) in [4.78, 5) is 26.8. The van der Waals surface area contributed by atoms with Crippen molar-refractivity contribution in [3.05, 3.63) is 62.7 Å². The Morgan fingerprint density at radius 2 is 1.85 bits per heavy atom. The lowest BCUT2D eigenvalue weighted by Crippen LogP contribution is -2.54. The fourth-order valence-electron chi connectivity index (χ4n) is 7.73. The summed E-state index contributed by atoms with van der Waals surface area (Å²) in [6.07, 6.45) is 7.22. The molecule has 5 nitrogen and oxygen atoms in total. The molecule has 0 radical (unpaired) electrons. The predicted molar refractivity (Wildman–Crippen MR) is 134 cm³/mol. The summed E-state index contributed by atoms with van der Waals surface area (Å²) in [5.41, 5.74) is 4.74. The van der Waals surface area contributed by atoms with E-state index in [1.54, 1.807) is 6.92 Å². The molecule has 3 unspecified atom stereocenters. The lowest BCUT2D eigenvalue weighted by Gasteiger charge is -2.52. The highest BCUT2D eigenvalue weighted by molar-refractivity contribution is 5.93. The summed E-state index contributed by atoms with van der Waals surface area (Å²) in [6.45, 7) is 3.88. The van der Waals surface area contributed by atoms with Gasteiger partial charge in [0.2, 0.25) is 0 Å². The van der Waals surface area contributed by atoms with Crippen LogP contribution in [0.5, 0.6) is 0 Å². The van der Waals surface area contributed by atoms with Gasteiger partial charge in [0.05, 0.1) is 5.41 Å². The quantitative estimate of drug-likeness (QED) is 0.332. The van der Waals surface area contributed by atoms with Gasteiger partial charge < -0.3 is 4.90 Å². The van der Waals surface area contributed by atoms with Crippen LogP contribution in [0.3, 0.4) is 0 Å². The van der Waals surface area contributed by atoms with Crippen molar-refractivity contribution in [2.24, 2.45) is 17.3 Å². The first kappa shape index (κ1) is 22.9. The van der Waals surface area contributed by atoms with Crippen LogP contribution in [0.2, 0.25) is 0 Å². The van der Waals surface area contributed by atoms with Crippen LogP contribution in [-0.4, -0.2) is 30.3 Å². The Labute approximate surface area is 202 Å². The zero-order valence-electron chi connectivity index (χ0n) is 20.7. The van der Waals surface area contributed by atoms with E-state index in [0.717, 1.165) is 37.8 Å². The molecular formula is C29H34N2O3. The molecule has 178 valence electrons. The van der Waals surface area contributed by atoms with Crippen LogP contribution in [0.25, 0.3) is 0 Å². The number of hydrogen-bond acceptors (Lipinski definition) is 4. The first-order valence-electron chi connectivity index (χ1n) is 12.5. The fourth-order valence-corrected chi connectivity index (χ4v) is 7.73. The van der Waals surface area contributed by atoms with Crippen LogP contribution in [-0.2, 0) is 4.79 Å². The molecule has 0 saturated heterocycles. The van der Waals surface area contributed by atoms with E-state index >= 15 is 0 Å². The van der Waals surface area contributed by atoms with Gasteiger partial charge in [-0.3, -0.25) is 14.9 Å². The van der Waals surface area contributed by atoms with E-state index in [4.69, 9.17) is 0 Å². The maximum absolute atomic E-state index is 12.6. The lowest BCUT2D eigenvalue weighted by molar-refractivity contribution is -0.571. The van der Waals surface area contributed by atoms with Crippen molar-refractivity contribution in [2.45, 2.75) is 70.3 Å². The van der Waals surface area contributed by atoms with Crippen molar-refractivity contribution in [3.63, 3.8) is 0 Å². The Kier molecular flexibility index (Phi) is 5.47. The van der Waals surface area contributed by atoms with E-state index in [9.17, 15) is 14.9 Å². The van der Waals surface area contributed by atoms with Crippen LogP contribution < -0.4 is 4.90 Å². The van der Waals surface area contributed by atoms with Crippen LogP contribution in [0.1, 0.15) is 70.3 Å². The zero-order valence-corrected chi connectivity index (χ0v) is 20.7. The van der Waals surface area contributed by atoms with Crippen LogP contribution in [0, 0.1) is 39.2 Å². The number of nitrogens with zero attached hydrogens (tertiary/aromatic N) is 2. The number of carbonyl (C=O) groups excluding carboxylic acids is 1. The van der Waals surface area contributed by atoms with E-state index in [1.165, 1.54) is 22.3 Å². The van der Waals surface area contributed by atoms with E-state index in [1.807, 2.05) is 20.2 Å². The second-order valence-electron chi connectivity index (χ2n) is 11.0. The molecule has 1 aromatic rings. The van der Waals surface area contributed by atoms with Crippen LogP contribution >= 0.6 is 0 Å². The van der Waals surface area contributed by atoms with Crippen LogP contribution in [0.4, 0.5) is 5.69 Å². The largest absolute Gasteiger partial charge is 0.378 e. The summed E-state index contributed by atoms with van der Waals surface area (Å²) in [7, 11) is 4.07. The number of hydrogen-bond donors (Lipinski definition) is 0. The van der Waals surface area contributed by atoms with Crippen LogP contribution in [0.15, 0.2) is 47.1 Å². The van der Waals surface area contributed by atoms with Gasteiger partial charge in [-0.2, -0.15) is 0 Å². The van der Waals surface area contributed by atoms with Crippen molar-refractivity contribution in [2.75, 3.05) is 19.0 Å². The second kappa shape index (κ2) is 8.12. The Hall–Kier alpha value is -2.87. The van der Waals surface area contributed by atoms with Gasteiger partial charge in [-0.25, -0.2) is 0 Å². The Bertz CT molecular complexity index is 1170. The van der Waals surface area contributed by atoms with Gasteiger partial charge >= 0.3 is 0 Å². The van der Waals surface area contributed by atoms with E-state index in [-0.39, 0.29) is 22.5 Å². The topological polar surface area (TPSA) is 63.5 Å². The minimum atomic E-state index is -1.19. The Morgan fingerprint density at radius 3 is 2.50 bits per heavy atom. The number of nitro groups is 1. The summed E-state index contributed by atoms with van der Waals surface area (Å²) >= 11 is 0. The molecule has 0 amide bonds. The monoisotopic (exact) mass is 458 g/mol. The third-order valence-corrected chi connectivity index (χ3v) is 9.34. The highest BCUT2D eigenvalue weighted by atomic mass is 16.6. The molecule has 5 atom stereocenters. The average Bonchev–Trinajstić information content (AvgIpc) is 3.11. The molecule has 0 heterocycles.